The van der Waals surface area contributed by atoms with Crippen LogP contribution < -0.4 is 15.5 Å². The number of anilines is 4. The summed E-state index contributed by atoms with van der Waals surface area (Å²) in [6.07, 6.45) is 4.14. The van der Waals surface area contributed by atoms with Gasteiger partial charge in [-0.15, -0.1) is 0 Å². The molecule has 4 rings (SSSR count). The number of rotatable bonds is 5. The summed E-state index contributed by atoms with van der Waals surface area (Å²) in [6, 6.07) is 21.5. The van der Waals surface area contributed by atoms with Crippen LogP contribution in [-0.2, 0) is 0 Å². The van der Waals surface area contributed by atoms with Crippen LogP contribution in [0, 0.1) is 5.92 Å². The van der Waals surface area contributed by atoms with E-state index in [1.54, 1.807) is 12.3 Å². The maximum Gasteiger partial charge on any atom is 0.274 e. The van der Waals surface area contributed by atoms with E-state index in [2.05, 4.69) is 39.6 Å². The second-order valence-corrected chi connectivity index (χ2v) is 7.59. The zero-order valence-electron chi connectivity index (χ0n) is 16.6. The van der Waals surface area contributed by atoms with E-state index in [0.717, 1.165) is 36.1 Å². The first-order valence-electron chi connectivity index (χ1n) is 10.1. The van der Waals surface area contributed by atoms with Gasteiger partial charge in [-0.25, -0.2) is 4.98 Å². The molecule has 0 unspecified atom stereocenters. The Morgan fingerprint density at radius 2 is 1.59 bits per heavy atom. The number of hydrogen-bond donors (Lipinski definition) is 2. The highest BCUT2D eigenvalue weighted by molar-refractivity contribution is 6.03. The molecule has 0 radical (unpaired) electrons. The van der Waals surface area contributed by atoms with E-state index >= 15 is 0 Å². The third-order valence-corrected chi connectivity index (χ3v) is 5.33. The van der Waals surface area contributed by atoms with Crippen LogP contribution in [0.1, 0.15) is 30.3 Å². The van der Waals surface area contributed by atoms with Gasteiger partial charge in [0.05, 0.1) is 11.9 Å². The van der Waals surface area contributed by atoms with Gasteiger partial charge < -0.3 is 15.5 Å². The highest BCUT2D eigenvalue weighted by atomic mass is 16.1. The molecular weight excluding hydrogens is 360 g/mol. The van der Waals surface area contributed by atoms with E-state index in [1.807, 2.05) is 48.5 Å². The molecule has 2 N–H and O–H groups in total. The van der Waals surface area contributed by atoms with Gasteiger partial charge in [0, 0.05) is 30.2 Å². The van der Waals surface area contributed by atoms with Gasteiger partial charge in [-0.1, -0.05) is 25.1 Å². The van der Waals surface area contributed by atoms with E-state index < -0.39 is 0 Å². The lowest BCUT2D eigenvalue weighted by Gasteiger charge is -2.32. The lowest BCUT2D eigenvalue weighted by molar-refractivity contribution is 0.102. The minimum atomic E-state index is -0.212. The molecule has 1 fully saturated rings. The quantitative estimate of drug-likeness (QED) is 0.624. The molecule has 1 aliphatic rings. The number of aromatic nitrogens is 1. The third-order valence-electron chi connectivity index (χ3n) is 5.33. The molecule has 1 aliphatic heterocycles. The summed E-state index contributed by atoms with van der Waals surface area (Å²) in [6.45, 7) is 4.51. The Balaban J connectivity index is 1.35. The summed E-state index contributed by atoms with van der Waals surface area (Å²) in [5, 5.41) is 6.19. The Morgan fingerprint density at radius 3 is 2.24 bits per heavy atom. The van der Waals surface area contributed by atoms with Crippen LogP contribution in [0.15, 0.2) is 72.9 Å². The fourth-order valence-electron chi connectivity index (χ4n) is 3.51. The molecule has 148 valence electrons. The fourth-order valence-corrected chi connectivity index (χ4v) is 3.51. The summed E-state index contributed by atoms with van der Waals surface area (Å²) in [7, 11) is 0. The average Bonchev–Trinajstić information content (AvgIpc) is 2.76. The standard InChI is InChI=1S/C24H26N4O/c1-18-13-15-28(16-14-18)22-10-7-20(8-11-22)27-24(29)23-12-9-21(17-25-23)26-19-5-3-2-4-6-19/h2-12,17-18,26H,13-16H2,1H3,(H,27,29). The van der Waals surface area contributed by atoms with Crippen LogP contribution in [0.25, 0.3) is 0 Å². The lowest BCUT2D eigenvalue weighted by atomic mass is 9.99. The van der Waals surface area contributed by atoms with E-state index in [9.17, 15) is 4.79 Å². The highest BCUT2D eigenvalue weighted by Crippen LogP contribution is 2.24. The first-order valence-corrected chi connectivity index (χ1v) is 10.1. The summed E-state index contributed by atoms with van der Waals surface area (Å²) < 4.78 is 0. The van der Waals surface area contributed by atoms with Gasteiger partial charge in [-0.3, -0.25) is 4.79 Å². The fraction of sp³-hybridized carbons (Fsp3) is 0.250. The molecule has 0 atom stereocenters. The molecule has 0 aliphatic carbocycles. The van der Waals surface area contributed by atoms with Crippen LogP contribution in [0.4, 0.5) is 22.7 Å². The van der Waals surface area contributed by atoms with Gasteiger partial charge >= 0.3 is 0 Å². The minimum absolute atomic E-state index is 0.212. The van der Waals surface area contributed by atoms with Crippen molar-refractivity contribution >= 4 is 28.7 Å². The summed E-state index contributed by atoms with van der Waals surface area (Å²) in [5.41, 5.74) is 4.20. The minimum Gasteiger partial charge on any atom is -0.372 e. The molecule has 1 aromatic heterocycles. The summed E-state index contributed by atoms with van der Waals surface area (Å²) >= 11 is 0. The predicted molar refractivity (Wildman–Crippen MR) is 119 cm³/mol. The van der Waals surface area contributed by atoms with Gasteiger partial charge in [0.1, 0.15) is 5.69 Å². The molecule has 0 spiro atoms. The van der Waals surface area contributed by atoms with Gasteiger partial charge in [0.25, 0.3) is 5.91 Å². The van der Waals surface area contributed by atoms with E-state index in [0.29, 0.717) is 5.69 Å². The molecule has 29 heavy (non-hydrogen) atoms. The van der Waals surface area contributed by atoms with Crippen molar-refractivity contribution in [3.8, 4) is 0 Å². The van der Waals surface area contributed by atoms with Gasteiger partial charge in [-0.05, 0) is 67.3 Å². The van der Waals surface area contributed by atoms with Crippen molar-refractivity contribution in [2.45, 2.75) is 19.8 Å². The normalized spacial score (nSPS) is 14.4. The summed E-state index contributed by atoms with van der Waals surface area (Å²) in [4.78, 5) is 19.2. The zero-order valence-corrected chi connectivity index (χ0v) is 16.6. The van der Waals surface area contributed by atoms with Crippen molar-refractivity contribution < 1.29 is 4.79 Å². The second-order valence-electron chi connectivity index (χ2n) is 7.59. The number of amides is 1. The number of pyridine rings is 1. The molecule has 5 heteroatoms. The molecule has 5 nitrogen and oxygen atoms in total. The van der Waals surface area contributed by atoms with E-state index in [4.69, 9.17) is 0 Å². The smallest absolute Gasteiger partial charge is 0.274 e. The highest BCUT2D eigenvalue weighted by Gasteiger charge is 2.16. The van der Waals surface area contributed by atoms with Gasteiger partial charge in [0.2, 0.25) is 0 Å². The topological polar surface area (TPSA) is 57.3 Å². The van der Waals surface area contributed by atoms with Crippen molar-refractivity contribution in [1.29, 1.82) is 0 Å². The first-order chi connectivity index (χ1) is 14.2. The molecule has 1 saturated heterocycles. The Hall–Kier alpha value is -3.34. The molecule has 2 heterocycles. The van der Waals surface area contributed by atoms with E-state index in [-0.39, 0.29) is 5.91 Å². The third kappa shape index (κ3) is 4.93. The molecule has 0 saturated carbocycles. The number of nitrogens with one attached hydrogen (secondary N) is 2. The largest absolute Gasteiger partial charge is 0.372 e. The number of hydrogen-bond acceptors (Lipinski definition) is 4. The van der Waals surface area contributed by atoms with Gasteiger partial charge in [0.15, 0.2) is 0 Å². The van der Waals surface area contributed by atoms with E-state index in [1.165, 1.54) is 18.5 Å². The van der Waals surface area contributed by atoms with Crippen molar-refractivity contribution in [3.05, 3.63) is 78.6 Å². The average molecular weight is 386 g/mol. The number of benzene rings is 2. The Bertz CT molecular complexity index is 931. The molecule has 1 amide bonds. The summed E-state index contributed by atoms with van der Waals surface area (Å²) in [5.74, 6) is 0.599. The Labute approximate surface area is 171 Å². The Morgan fingerprint density at radius 1 is 0.897 bits per heavy atom. The second kappa shape index (κ2) is 8.78. The van der Waals surface area contributed by atoms with Crippen LogP contribution >= 0.6 is 0 Å². The van der Waals surface area contributed by atoms with Crippen LogP contribution in [0.5, 0.6) is 0 Å². The van der Waals surface area contributed by atoms with Crippen molar-refractivity contribution in [1.82, 2.24) is 4.98 Å². The van der Waals surface area contributed by atoms with Crippen molar-refractivity contribution in [2.24, 2.45) is 5.92 Å². The number of nitrogens with zero attached hydrogens (tertiary/aromatic N) is 2. The monoisotopic (exact) mass is 386 g/mol. The van der Waals surface area contributed by atoms with Crippen LogP contribution in [0.2, 0.25) is 0 Å². The van der Waals surface area contributed by atoms with Crippen molar-refractivity contribution in [2.75, 3.05) is 28.6 Å². The zero-order chi connectivity index (χ0) is 20.1. The molecule has 0 bridgehead atoms. The maximum absolute atomic E-state index is 12.5. The SMILES string of the molecule is CC1CCN(c2ccc(NC(=O)c3ccc(Nc4ccccc4)cn3)cc2)CC1. The number of piperidine rings is 1. The maximum atomic E-state index is 12.5. The Kier molecular flexibility index (Phi) is 5.75. The molecular formula is C24H26N4O. The molecule has 3 aromatic rings. The van der Waals surface area contributed by atoms with Crippen molar-refractivity contribution in [3.63, 3.8) is 0 Å². The van der Waals surface area contributed by atoms with Crippen LogP contribution in [0.3, 0.4) is 0 Å². The van der Waals surface area contributed by atoms with Gasteiger partial charge in [-0.2, -0.15) is 0 Å². The number of carbonyl (C=O) groups is 1. The molecule has 2 aromatic carbocycles. The first kappa shape index (κ1) is 19.0. The number of carbonyl (C=O) groups excluding carboxylic acids is 1. The van der Waals surface area contributed by atoms with Crippen LogP contribution in [-0.4, -0.2) is 24.0 Å². The predicted octanol–water partition coefficient (Wildman–Crippen LogP) is 5.31. The lowest BCUT2D eigenvalue weighted by Crippen LogP contribution is -2.32. The number of para-hydroxylation sites is 1.